The number of piperidine rings is 1. The maximum Gasteiger partial charge on any atom is 0.257 e. The number of aryl methyl sites for hydroxylation is 3. The molecule has 2 aromatic rings. The summed E-state index contributed by atoms with van der Waals surface area (Å²) in [7, 11) is 0. The number of hydrogen-bond acceptors (Lipinski definition) is 4. The number of nitrogens with one attached hydrogen (secondary N) is 1. The van der Waals surface area contributed by atoms with Crippen molar-refractivity contribution in [2.45, 2.75) is 44.9 Å². The lowest BCUT2D eigenvalue weighted by Gasteiger charge is -2.32. The normalized spacial score (nSPS) is 19.5. The molecule has 4 rings (SSSR count). The van der Waals surface area contributed by atoms with Gasteiger partial charge in [-0.05, 0) is 50.7 Å². The summed E-state index contributed by atoms with van der Waals surface area (Å²) < 4.78 is 0. The van der Waals surface area contributed by atoms with Crippen LogP contribution in [0.4, 0.5) is 0 Å². The molecule has 0 spiro atoms. The summed E-state index contributed by atoms with van der Waals surface area (Å²) in [6.45, 7) is 3.00. The largest absolute Gasteiger partial charge is 0.338 e. The second-order valence-electron chi connectivity index (χ2n) is 7.13. The van der Waals surface area contributed by atoms with Gasteiger partial charge >= 0.3 is 0 Å². The lowest BCUT2D eigenvalue weighted by Crippen LogP contribution is -2.39. The molecule has 136 valence electrons. The molecular weight excluding hydrogens is 352 g/mol. The third-order valence-electron chi connectivity index (χ3n) is 5.24. The van der Waals surface area contributed by atoms with Crippen LogP contribution in [0.3, 0.4) is 0 Å². The first-order valence-corrected chi connectivity index (χ1v) is 9.44. The van der Waals surface area contributed by atoms with Crippen LogP contribution in [-0.4, -0.2) is 38.8 Å². The van der Waals surface area contributed by atoms with Gasteiger partial charge < -0.3 is 9.88 Å². The minimum Gasteiger partial charge on any atom is -0.338 e. The first kappa shape index (κ1) is 17.2. The van der Waals surface area contributed by atoms with E-state index in [1.165, 1.54) is 6.07 Å². The van der Waals surface area contributed by atoms with E-state index in [2.05, 4.69) is 15.0 Å². The molecule has 2 aliphatic rings. The van der Waals surface area contributed by atoms with E-state index in [0.29, 0.717) is 29.6 Å². The number of aromatic nitrogens is 3. The predicted molar refractivity (Wildman–Crippen MR) is 98.7 cm³/mol. The van der Waals surface area contributed by atoms with Gasteiger partial charge in [-0.1, -0.05) is 11.6 Å². The van der Waals surface area contributed by atoms with Crippen molar-refractivity contribution < 1.29 is 4.79 Å². The molecule has 0 bridgehead atoms. The summed E-state index contributed by atoms with van der Waals surface area (Å²) in [5, 5.41) is 0.294. The van der Waals surface area contributed by atoms with E-state index >= 15 is 0 Å². The van der Waals surface area contributed by atoms with E-state index in [-0.39, 0.29) is 17.4 Å². The van der Waals surface area contributed by atoms with Gasteiger partial charge in [-0.3, -0.25) is 9.59 Å². The summed E-state index contributed by atoms with van der Waals surface area (Å²) >= 11 is 6.30. The van der Waals surface area contributed by atoms with Crippen LogP contribution in [0.5, 0.6) is 0 Å². The molecule has 1 amide bonds. The van der Waals surface area contributed by atoms with E-state index in [9.17, 15) is 9.59 Å². The molecule has 1 atom stereocenters. The third-order valence-corrected chi connectivity index (χ3v) is 5.53. The smallest absolute Gasteiger partial charge is 0.257 e. The Bertz CT molecular complexity index is 924. The number of likely N-dealkylation sites (tertiary alicyclic amines) is 1. The van der Waals surface area contributed by atoms with Crippen LogP contribution in [0.25, 0.3) is 0 Å². The first-order chi connectivity index (χ1) is 12.5. The molecular formula is C19H21ClN4O2. The van der Waals surface area contributed by atoms with Crippen LogP contribution in [0.1, 0.15) is 58.3 Å². The molecule has 1 N–H and O–H groups in total. The number of pyridine rings is 1. The number of halogens is 1. The van der Waals surface area contributed by atoms with Crippen molar-refractivity contribution in [3.8, 4) is 0 Å². The topological polar surface area (TPSA) is 79.0 Å². The average Bonchev–Trinajstić information content (AvgIpc) is 3.07. The maximum absolute atomic E-state index is 13.0. The van der Waals surface area contributed by atoms with Gasteiger partial charge in [0.25, 0.3) is 11.5 Å². The van der Waals surface area contributed by atoms with Crippen molar-refractivity contribution in [3.05, 3.63) is 56.0 Å². The minimum atomic E-state index is -0.151. The predicted octanol–water partition coefficient (Wildman–Crippen LogP) is 2.64. The quantitative estimate of drug-likeness (QED) is 0.822. The van der Waals surface area contributed by atoms with Crippen molar-refractivity contribution in [1.82, 2.24) is 19.9 Å². The van der Waals surface area contributed by atoms with Gasteiger partial charge in [0.1, 0.15) is 11.0 Å². The Labute approximate surface area is 156 Å². The van der Waals surface area contributed by atoms with E-state index in [1.54, 1.807) is 6.92 Å². The zero-order valence-corrected chi connectivity index (χ0v) is 15.5. The van der Waals surface area contributed by atoms with E-state index in [1.807, 2.05) is 11.0 Å². The molecule has 0 aromatic carbocycles. The van der Waals surface area contributed by atoms with Crippen molar-refractivity contribution in [2.75, 3.05) is 13.1 Å². The van der Waals surface area contributed by atoms with E-state index < -0.39 is 0 Å². The molecule has 1 aliphatic heterocycles. The number of carbonyl (C=O) groups is 1. The van der Waals surface area contributed by atoms with Crippen LogP contribution in [0.15, 0.2) is 16.9 Å². The third kappa shape index (κ3) is 3.26. The number of hydrogen-bond donors (Lipinski definition) is 1. The van der Waals surface area contributed by atoms with Gasteiger partial charge in [0.2, 0.25) is 0 Å². The van der Waals surface area contributed by atoms with Crippen molar-refractivity contribution >= 4 is 17.5 Å². The Morgan fingerprint density at radius 2 is 2.12 bits per heavy atom. The number of carbonyl (C=O) groups excluding carboxylic acids is 1. The Balaban J connectivity index is 1.58. The molecule has 3 heterocycles. The molecule has 26 heavy (non-hydrogen) atoms. The maximum atomic E-state index is 13.0. The SMILES string of the molecule is Cc1nc([C@H]2CCCN(C(=O)c3cc4c(nc3Cl)CCC4)C2)cc(=O)[nH]1. The molecule has 1 saturated heterocycles. The van der Waals surface area contributed by atoms with Crippen molar-refractivity contribution in [2.24, 2.45) is 0 Å². The van der Waals surface area contributed by atoms with Crippen molar-refractivity contribution in [3.63, 3.8) is 0 Å². The summed E-state index contributed by atoms with van der Waals surface area (Å²) in [6.07, 6.45) is 4.74. The van der Waals surface area contributed by atoms with Crippen LogP contribution < -0.4 is 5.56 Å². The second-order valence-corrected chi connectivity index (χ2v) is 7.49. The Hall–Kier alpha value is -2.21. The van der Waals surface area contributed by atoms with Gasteiger partial charge in [-0.15, -0.1) is 0 Å². The Morgan fingerprint density at radius 3 is 2.92 bits per heavy atom. The monoisotopic (exact) mass is 372 g/mol. The molecule has 1 fully saturated rings. The Morgan fingerprint density at radius 1 is 1.27 bits per heavy atom. The molecule has 0 unspecified atom stereocenters. The number of amides is 1. The van der Waals surface area contributed by atoms with Gasteiger partial charge in [-0.25, -0.2) is 9.97 Å². The second kappa shape index (κ2) is 6.83. The fourth-order valence-corrected chi connectivity index (χ4v) is 4.22. The van der Waals surface area contributed by atoms with Crippen LogP contribution in [-0.2, 0) is 12.8 Å². The molecule has 6 nitrogen and oxygen atoms in total. The van der Waals surface area contributed by atoms with E-state index in [4.69, 9.17) is 11.6 Å². The van der Waals surface area contributed by atoms with Gasteiger partial charge in [0, 0.05) is 30.8 Å². The molecule has 1 aliphatic carbocycles. The number of rotatable bonds is 2. The van der Waals surface area contributed by atoms with Gasteiger partial charge in [0.05, 0.1) is 11.3 Å². The summed E-state index contributed by atoms with van der Waals surface area (Å²) in [4.78, 5) is 38.2. The number of H-pyrrole nitrogens is 1. The molecule has 2 aromatic heterocycles. The Kier molecular flexibility index (Phi) is 4.53. The fourth-order valence-electron chi connectivity index (χ4n) is 3.98. The lowest BCUT2D eigenvalue weighted by atomic mass is 9.94. The highest BCUT2D eigenvalue weighted by Gasteiger charge is 2.29. The first-order valence-electron chi connectivity index (χ1n) is 9.06. The van der Waals surface area contributed by atoms with Crippen LogP contribution in [0.2, 0.25) is 5.15 Å². The standard InChI is InChI=1S/C19H21ClN4O2/c1-11-21-16(9-17(25)22-11)13-5-3-7-24(10-13)19(26)14-8-12-4-2-6-15(12)23-18(14)20/h8-9,13H,2-7,10H2,1H3,(H,21,22,25)/t13-/m0/s1. The molecule has 0 saturated carbocycles. The zero-order chi connectivity index (χ0) is 18.3. The summed E-state index contributed by atoms with van der Waals surface area (Å²) in [5.41, 5.74) is 3.25. The van der Waals surface area contributed by atoms with Gasteiger partial charge in [0.15, 0.2) is 0 Å². The molecule has 7 heteroatoms. The van der Waals surface area contributed by atoms with Crippen molar-refractivity contribution in [1.29, 1.82) is 0 Å². The van der Waals surface area contributed by atoms with Crippen LogP contribution >= 0.6 is 11.6 Å². The summed E-state index contributed by atoms with van der Waals surface area (Å²) in [6, 6.07) is 3.45. The highest BCUT2D eigenvalue weighted by Crippen LogP contribution is 2.29. The lowest BCUT2D eigenvalue weighted by molar-refractivity contribution is 0.0705. The summed E-state index contributed by atoms with van der Waals surface area (Å²) in [5.74, 6) is 0.583. The zero-order valence-electron chi connectivity index (χ0n) is 14.7. The van der Waals surface area contributed by atoms with Gasteiger partial charge in [-0.2, -0.15) is 0 Å². The minimum absolute atomic E-state index is 0.0647. The number of nitrogens with zero attached hydrogens (tertiary/aromatic N) is 3. The highest BCUT2D eigenvalue weighted by molar-refractivity contribution is 6.32. The van der Waals surface area contributed by atoms with Crippen LogP contribution in [0, 0.1) is 6.92 Å². The number of fused-ring (bicyclic) bond motifs is 1. The molecule has 0 radical (unpaired) electrons. The van der Waals surface area contributed by atoms with E-state index in [0.717, 1.165) is 49.1 Å². The fraction of sp³-hybridized carbons (Fsp3) is 0.474. The average molecular weight is 373 g/mol. The highest BCUT2D eigenvalue weighted by atomic mass is 35.5. The number of aromatic amines is 1.